The van der Waals surface area contributed by atoms with Crippen LogP contribution in [0.15, 0.2) is 29.8 Å². The fourth-order valence-electron chi connectivity index (χ4n) is 3.62. The van der Waals surface area contributed by atoms with Crippen molar-refractivity contribution in [3.8, 4) is 0 Å². The van der Waals surface area contributed by atoms with Crippen LogP contribution in [-0.2, 0) is 0 Å². The summed E-state index contributed by atoms with van der Waals surface area (Å²) >= 11 is 0. The summed E-state index contributed by atoms with van der Waals surface area (Å²) in [5, 5.41) is 0. The van der Waals surface area contributed by atoms with Gasteiger partial charge in [0.15, 0.2) is 5.78 Å². The molecule has 3 rings (SSSR count). The van der Waals surface area contributed by atoms with E-state index in [1.54, 1.807) is 0 Å². The first kappa shape index (κ1) is 13.6. The highest BCUT2D eigenvalue weighted by Gasteiger charge is 2.27. The van der Waals surface area contributed by atoms with Crippen LogP contribution < -0.4 is 0 Å². The maximum absolute atomic E-state index is 12.6. The van der Waals surface area contributed by atoms with Gasteiger partial charge in [-0.15, -0.1) is 0 Å². The highest BCUT2D eigenvalue weighted by molar-refractivity contribution is 6.20. The lowest BCUT2D eigenvalue weighted by atomic mass is 9.95. The summed E-state index contributed by atoms with van der Waals surface area (Å²) in [5.41, 5.74) is 4.68. The largest absolute Gasteiger partial charge is 0.289 e. The molecule has 0 heterocycles. The van der Waals surface area contributed by atoms with Gasteiger partial charge in [0.1, 0.15) is 0 Å². The summed E-state index contributed by atoms with van der Waals surface area (Å²) in [6, 6.07) is 8.20. The van der Waals surface area contributed by atoms with Gasteiger partial charge >= 0.3 is 0 Å². The molecule has 0 aromatic heterocycles. The van der Waals surface area contributed by atoms with Crippen molar-refractivity contribution in [2.45, 2.75) is 64.2 Å². The monoisotopic (exact) mass is 268 g/mol. The second-order valence-corrected chi connectivity index (χ2v) is 6.16. The molecule has 0 N–H and O–H groups in total. The van der Waals surface area contributed by atoms with E-state index in [1.807, 2.05) is 12.1 Å². The van der Waals surface area contributed by atoms with Crippen molar-refractivity contribution < 1.29 is 4.79 Å². The summed E-state index contributed by atoms with van der Waals surface area (Å²) in [4.78, 5) is 12.6. The molecule has 1 nitrogen and oxygen atoms in total. The van der Waals surface area contributed by atoms with Crippen molar-refractivity contribution in [1.29, 1.82) is 0 Å². The minimum absolute atomic E-state index is 0.313. The van der Waals surface area contributed by atoms with Crippen LogP contribution in [0.5, 0.6) is 0 Å². The zero-order valence-electron chi connectivity index (χ0n) is 12.3. The van der Waals surface area contributed by atoms with Crippen molar-refractivity contribution in [2.24, 2.45) is 0 Å². The van der Waals surface area contributed by atoms with E-state index in [9.17, 15) is 4.79 Å². The van der Waals surface area contributed by atoms with Crippen LogP contribution in [0.3, 0.4) is 0 Å². The van der Waals surface area contributed by atoms with Crippen molar-refractivity contribution >= 4 is 11.4 Å². The summed E-state index contributed by atoms with van der Waals surface area (Å²) in [6.07, 6.45) is 12.6. The molecule has 0 radical (unpaired) electrons. The minimum atomic E-state index is 0.313. The number of fused-ring (bicyclic) bond motifs is 2. The Balaban J connectivity index is 1.87. The molecule has 1 aromatic rings. The molecule has 2 aliphatic rings. The third-order valence-corrected chi connectivity index (χ3v) is 4.74. The standard InChI is InChI=1S/C19H24O/c20-19-17-13-8-6-4-2-1-3-5-7-11-15(17)16-12-9-10-14-18(16)19/h9-10,12,14H,1-8,11,13H2. The van der Waals surface area contributed by atoms with E-state index in [0.29, 0.717) is 5.78 Å². The van der Waals surface area contributed by atoms with Crippen molar-refractivity contribution in [1.82, 2.24) is 0 Å². The molecule has 1 aromatic carbocycles. The number of ketones is 1. The van der Waals surface area contributed by atoms with Gasteiger partial charge in [-0.1, -0.05) is 62.8 Å². The zero-order valence-corrected chi connectivity index (χ0v) is 12.3. The maximum Gasteiger partial charge on any atom is 0.189 e. The van der Waals surface area contributed by atoms with Gasteiger partial charge in [-0.3, -0.25) is 4.79 Å². The lowest BCUT2D eigenvalue weighted by molar-refractivity contribution is 0.103. The Morgan fingerprint density at radius 3 is 1.75 bits per heavy atom. The third kappa shape index (κ3) is 2.72. The van der Waals surface area contributed by atoms with Crippen LogP contribution in [0.4, 0.5) is 0 Å². The minimum Gasteiger partial charge on any atom is -0.289 e. The van der Waals surface area contributed by atoms with E-state index in [1.165, 1.54) is 62.5 Å². The van der Waals surface area contributed by atoms with E-state index >= 15 is 0 Å². The molecule has 0 aliphatic heterocycles. The number of hydrogen-bond donors (Lipinski definition) is 0. The van der Waals surface area contributed by atoms with E-state index in [0.717, 1.165) is 24.0 Å². The van der Waals surface area contributed by atoms with Crippen LogP contribution in [0.2, 0.25) is 0 Å². The molecular weight excluding hydrogens is 244 g/mol. The highest BCUT2D eigenvalue weighted by atomic mass is 16.1. The third-order valence-electron chi connectivity index (χ3n) is 4.74. The first-order chi connectivity index (χ1) is 9.88. The Morgan fingerprint density at radius 2 is 1.10 bits per heavy atom. The molecule has 0 atom stereocenters. The van der Waals surface area contributed by atoms with Crippen LogP contribution in [0.25, 0.3) is 5.57 Å². The summed E-state index contributed by atoms with van der Waals surface area (Å²) in [7, 11) is 0. The Hall–Kier alpha value is -1.37. The molecule has 0 bridgehead atoms. The molecule has 0 fully saturated rings. The quantitative estimate of drug-likeness (QED) is 0.602. The second kappa shape index (κ2) is 6.39. The normalized spacial score (nSPS) is 20.9. The number of rotatable bonds is 0. The molecule has 1 heteroatoms. The van der Waals surface area contributed by atoms with Crippen LogP contribution in [0, 0.1) is 0 Å². The van der Waals surface area contributed by atoms with E-state index in [4.69, 9.17) is 0 Å². The average molecular weight is 268 g/mol. The summed E-state index contributed by atoms with van der Waals surface area (Å²) in [6.45, 7) is 0. The van der Waals surface area contributed by atoms with E-state index in [-0.39, 0.29) is 0 Å². The Labute approximate surface area is 122 Å². The molecule has 0 spiro atoms. The second-order valence-electron chi connectivity index (χ2n) is 6.16. The zero-order chi connectivity index (χ0) is 13.8. The fourth-order valence-corrected chi connectivity index (χ4v) is 3.62. The number of benzene rings is 1. The molecule has 0 amide bonds. The predicted octanol–water partition coefficient (Wildman–Crippen LogP) is 5.55. The number of Topliss-reactive ketones (excluding diaryl/α,β-unsaturated/α-hetero) is 1. The number of allylic oxidation sites excluding steroid dienone is 2. The predicted molar refractivity (Wildman–Crippen MR) is 83.9 cm³/mol. The molecule has 0 saturated carbocycles. The Morgan fingerprint density at radius 1 is 0.600 bits per heavy atom. The molecule has 106 valence electrons. The lowest BCUT2D eigenvalue weighted by Crippen LogP contribution is -1.99. The molecule has 0 saturated heterocycles. The van der Waals surface area contributed by atoms with Crippen molar-refractivity contribution in [3.63, 3.8) is 0 Å². The van der Waals surface area contributed by atoms with Crippen molar-refractivity contribution in [3.05, 3.63) is 41.0 Å². The Kier molecular flexibility index (Phi) is 4.34. The van der Waals surface area contributed by atoms with Gasteiger partial charge in [-0.05, 0) is 36.8 Å². The molecule has 0 unspecified atom stereocenters. The lowest BCUT2D eigenvalue weighted by Gasteiger charge is -2.10. The summed E-state index contributed by atoms with van der Waals surface area (Å²) < 4.78 is 0. The number of hydrogen-bond acceptors (Lipinski definition) is 1. The van der Waals surface area contributed by atoms with E-state index in [2.05, 4.69) is 12.1 Å². The fraction of sp³-hybridized carbons (Fsp3) is 0.526. The highest BCUT2D eigenvalue weighted by Crippen LogP contribution is 2.38. The molecule has 20 heavy (non-hydrogen) atoms. The Bertz CT molecular complexity index is 524. The van der Waals surface area contributed by atoms with E-state index < -0.39 is 0 Å². The first-order valence-corrected chi connectivity index (χ1v) is 8.24. The van der Waals surface area contributed by atoms with Gasteiger partial charge in [0.2, 0.25) is 0 Å². The number of carbonyl (C=O) groups is 1. The molecule has 2 aliphatic carbocycles. The van der Waals surface area contributed by atoms with Gasteiger partial charge < -0.3 is 0 Å². The van der Waals surface area contributed by atoms with Gasteiger partial charge in [0, 0.05) is 11.1 Å². The number of carbonyl (C=O) groups excluding carboxylic acids is 1. The summed E-state index contributed by atoms with van der Waals surface area (Å²) in [5.74, 6) is 0.313. The average Bonchev–Trinajstić information content (AvgIpc) is 2.72. The van der Waals surface area contributed by atoms with Crippen molar-refractivity contribution in [2.75, 3.05) is 0 Å². The van der Waals surface area contributed by atoms with Crippen LogP contribution in [0.1, 0.15) is 80.1 Å². The smallest absolute Gasteiger partial charge is 0.189 e. The topological polar surface area (TPSA) is 17.1 Å². The van der Waals surface area contributed by atoms with Gasteiger partial charge in [-0.2, -0.15) is 0 Å². The SMILES string of the molecule is O=C1C2=C(CCCCCCCCCC2)c2ccccc21. The van der Waals surface area contributed by atoms with Gasteiger partial charge in [0.25, 0.3) is 0 Å². The van der Waals surface area contributed by atoms with Gasteiger partial charge in [0.05, 0.1) is 0 Å². The van der Waals surface area contributed by atoms with Gasteiger partial charge in [-0.25, -0.2) is 0 Å². The maximum atomic E-state index is 12.6. The first-order valence-electron chi connectivity index (χ1n) is 8.24. The molecular formula is C19H24O. The van der Waals surface area contributed by atoms with Crippen LogP contribution >= 0.6 is 0 Å². The van der Waals surface area contributed by atoms with Crippen LogP contribution in [-0.4, -0.2) is 5.78 Å².